The molecule has 2 aliphatic rings. The van der Waals surface area contributed by atoms with Gasteiger partial charge in [0.15, 0.2) is 0 Å². The normalized spacial score (nSPS) is 20.2. The minimum absolute atomic E-state index is 0.152. The molecule has 2 fully saturated rings. The summed E-state index contributed by atoms with van der Waals surface area (Å²) in [5.74, 6) is 0.863. The van der Waals surface area contributed by atoms with Gasteiger partial charge in [-0.05, 0) is 81.9 Å². The zero-order valence-electron chi connectivity index (χ0n) is 15.4. The maximum atomic E-state index is 12.2. The molecule has 2 N–H and O–H groups in total. The Kier molecular flexibility index (Phi) is 7.31. The van der Waals surface area contributed by atoms with E-state index in [1.165, 1.54) is 57.2 Å². The number of hydrogen-bond donors (Lipinski definition) is 2. The number of piperidine rings is 1. The number of carbonyl (C=O) groups is 1. The molecular formula is C21H33N3O. The molecule has 0 spiro atoms. The van der Waals surface area contributed by atoms with E-state index in [9.17, 15) is 4.79 Å². The minimum Gasteiger partial charge on any atom is -0.326 e. The quantitative estimate of drug-likeness (QED) is 0.826. The molecule has 25 heavy (non-hydrogen) atoms. The summed E-state index contributed by atoms with van der Waals surface area (Å²) in [6, 6.07) is 8.42. The van der Waals surface area contributed by atoms with Crippen molar-refractivity contribution in [3.8, 4) is 0 Å². The smallest absolute Gasteiger partial charge is 0.224 e. The summed E-state index contributed by atoms with van der Waals surface area (Å²) in [6.07, 6.45) is 9.46. The average molecular weight is 344 g/mol. The lowest BCUT2D eigenvalue weighted by Gasteiger charge is -2.22. The lowest BCUT2D eigenvalue weighted by molar-refractivity contribution is -0.116. The summed E-state index contributed by atoms with van der Waals surface area (Å²) in [4.78, 5) is 14.7. The highest BCUT2D eigenvalue weighted by Gasteiger charge is 2.14. The maximum absolute atomic E-state index is 12.2. The van der Waals surface area contributed by atoms with Gasteiger partial charge in [-0.25, -0.2) is 0 Å². The minimum atomic E-state index is 0.152. The molecule has 0 unspecified atom stereocenters. The van der Waals surface area contributed by atoms with Crippen LogP contribution in [-0.4, -0.2) is 37.0 Å². The number of hydrogen-bond acceptors (Lipinski definition) is 3. The first-order valence-corrected chi connectivity index (χ1v) is 10.1. The van der Waals surface area contributed by atoms with Crippen molar-refractivity contribution in [2.24, 2.45) is 5.92 Å². The third kappa shape index (κ3) is 6.44. The Hall–Kier alpha value is -1.39. The molecular weight excluding hydrogens is 310 g/mol. The molecule has 0 saturated carbocycles. The van der Waals surface area contributed by atoms with Gasteiger partial charge in [-0.2, -0.15) is 0 Å². The van der Waals surface area contributed by atoms with E-state index in [0.717, 1.165) is 31.7 Å². The number of amides is 1. The van der Waals surface area contributed by atoms with Gasteiger partial charge < -0.3 is 10.6 Å². The van der Waals surface area contributed by atoms with Crippen LogP contribution in [0.3, 0.4) is 0 Å². The second-order valence-electron chi connectivity index (χ2n) is 7.67. The number of benzene rings is 1. The Morgan fingerprint density at radius 2 is 1.72 bits per heavy atom. The number of nitrogens with one attached hydrogen (secondary N) is 2. The van der Waals surface area contributed by atoms with Gasteiger partial charge in [0.05, 0.1) is 0 Å². The number of likely N-dealkylation sites (tertiary alicyclic amines) is 1. The molecule has 138 valence electrons. The Morgan fingerprint density at radius 1 is 1.04 bits per heavy atom. The first kappa shape index (κ1) is 18.4. The topological polar surface area (TPSA) is 44.4 Å². The predicted molar refractivity (Wildman–Crippen MR) is 104 cm³/mol. The van der Waals surface area contributed by atoms with E-state index in [-0.39, 0.29) is 5.91 Å². The van der Waals surface area contributed by atoms with Crippen molar-refractivity contribution in [2.45, 2.75) is 57.9 Å². The molecule has 0 aliphatic carbocycles. The fourth-order valence-corrected chi connectivity index (χ4v) is 3.98. The standard InChI is InChI=1S/C21H33N3O/c25-21(10-7-18-11-13-22-14-12-18)23-20-8-5-19(6-9-20)17-24-15-3-1-2-4-16-24/h5-6,8-9,18,22H,1-4,7,10-17H2,(H,23,25). The molecule has 4 heteroatoms. The predicted octanol–water partition coefficient (Wildman–Crippen LogP) is 3.78. The number of rotatable bonds is 6. The molecule has 0 atom stereocenters. The second-order valence-corrected chi connectivity index (χ2v) is 7.67. The molecule has 0 radical (unpaired) electrons. The number of carbonyl (C=O) groups excluding carboxylic acids is 1. The van der Waals surface area contributed by atoms with Crippen LogP contribution in [0.25, 0.3) is 0 Å². The molecule has 1 aromatic carbocycles. The van der Waals surface area contributed by atoms with Crippen molar-refractivity contribution < 1.29 is 4.79 Å². The summed E-state index contributed by atoms with van der Waals surface area (Å²) < 4.78 is 0. The van der Waals surface area contributed by atoms with Gasteiger partial charge in [0.1, 0.15) is 0 Å². The van der Waals surface area contributed by atoms with Gasteiger partial charge in [-0.15, -0.1) is 0 Å². The van der Waals surface area contributed by atoms with Crippen LogP contribution in [0.4, 0.5) is 5.69 Å². The van der Waals surface area contributed by atoms with Gasteiger partial charge in [0.25, 0.3) is 0 Å². The van der Waals surface area contributed by atoms with Crippen LogP contribution in [0.1, 0.15) is 56.9 Å². The third-order valence-corrected chi connectivity index (χ3v) is 5.58. The Bertz CT molecular complexity index is 514. The van der Waals surface area contributed by atoms with E-state index in [0.29, 0.717) is 12.3 Å². The molecule has 0 bridgehead atoms. The third-order valence-electron chi connectivity index (χ3n) is 5.58. The molecule has 1 aromatic rings. The zero-order valence-corrected chi connectivity index (χ0v) is 15.4. The van der Waals surface area contributed by atoms with Crippen LogP contribution in [0.5, 0.6) is 0 Å². The van der Waals surface area contributed by atoms with Crippen molar-refractivity contribution in [3.05, 3.63) is 29.8 Å². The van der Waals surface area contributed by atoms with E-state index in [2.05, 4.69) is 39.8 Å². The Balaban J connectivity index is 1.41. The van der Waals surface area contributed by atoms with Crippen LogP contribution in [0.15, 0.2) is 24.3 Å². The average Bonchev–Trinajstić information content (AvgIpc) is 2.91. The van der Waals surface area contributed by atoms with Gasteiger partial charge >= 0.3 is 0 Å². The zero-order chi connectivity index (χ0) is 17.3. The summed E-state index contributed by atoms with van der Waals surface area (Å²) in [5.41, 5.74) is 2.27. The van der Waals surface area contributed by atoms with Crippen molar-refractivity contribution >= 4 is 11.6 Å². The summed E-state index contributed by atoms with van der Waals surface area (Å²) in [6.45, 7) is 5.67. The first-order valence-electron chi connectivity index (χ1n) is 10.1. The highest BCUT2D eigenvalue weighted by molar-refractivity contribution is 5.90. The van der Waals surface area contributed by atoms with Crippen LogP contribution >= 0.6 is 0 Å². The summed E-state index contributed by atoms with van der Waals surface area (Å²) in [7, 11) is 0. The molecule has 0 aromatic heterocycles. The number of nitrogens with zero attached hydrogens (tertiary/aromatic N) is 1. The highest BCUT2D eigenvalue weighted by atomic mass is 16.1. The summed E-state index contributed by atoms with van der Waals surface area (Å²) in [5, 5.41) is 6.43. The van der Waals surface area contributed by atoms with Crippen LogP contribution in [0.2, 0.25) is 0 Å². The summed E-state index contributed by atoms with van der Waals surface area (Å²) >= 11 is 0. The van der Waals surface area contributed by atoms with E-state index in [4.69, 9.17) is 0 Å². The SMILES string of the molecule is O=C(CCC1CCNCC1)Nc1ccc(CN2CCCCCC2)cc1. The molecule has 2 aliphatic heterocycles. The highest BCUT2D eigenvalue weighted by Crippen LogP contribution is 2.19. The Labute approximate surface area is 152 Å². The fraction of sp³-hybridized carbons (Fsp3) is 0.667. The molecule has 1 amide bonds. The van der Waals surface area contributed by atoms with Gasteiger partial charge in [0, 0.05) is 18.7 Å². The van der Waals surface area contributed by atoms with Gasteiger partial charge in [-0.3, -0.25) is 9.69 Å². The Morgan fingerprint density at radius 3 is 2.40 bits per heavy atom. The fourth-order valence-electron chi connectivity index (χ4n) is 3.98. The van der Waals surface area contributed by atoms with Crippen molar-refractivity contribution in [1.82, 2.24) is 10.2 Å². The van der Waals surface area contributed by atoms with E-state index < -0.39 is 0 Å². The number of anilines is 1. The second kappa shape index (κ2) is 9.93. The molecule has 2 saturated heterocycles. The van der Waals surface area contributed by atoms with Crippen molar-refractivity contribution in [2.75, 3.05) is 31.5 Å². The van der Waals surface area contributed by atoms with Gasteiger partial charge in [-0.1, -0.05) is 25.0 Å². The van der Waals surface area contributed by atoms with Crippen molar-refractivity contribution in [1.29, 1.82) is 0 Å². The van der Waals surface area contributed by atoms with E-state index in [1.807, 2.05) is 0 Å². The van der Waals surface area contributed by atoms with E-state index >= 15 is 0 Å². The van der Waals surface area contributed by atoms with Crippen LogP contribution in [-0.2, 0) is 11.3 Å². The molecule has 4 nitrogen and oxygen atoms in total. The largest absolute Gasteiger partial charge is 0.326 e. The maximum Gasteiger partial charge on any atom is 0.224 e. The molecule has 3 rings (SSSR count). The van der Waals surface area contributed by atoms with Gasteiger partial charge in [0.2, 0.25) is 5.91 Å². The lowest BCUT2D eigenvalue weighted by Crippen LogP contribution is -2.28. The van der Waals surface area contributed by atoms with Crippen LogP contribution in [0, 0.1) is 5.92 Å². The monoisotopic (exact) mass is 343 g/mol. The van der Waals surface area contributed by atoms with Crippen LogP contribution < -0.4 is 10.6 Å². The van der Waals surface area contributed by atoms with E-state index in [1.54, 1.807) is 0 Å². The lowest BCUT2D eigenvalue weighted by atomic mass is 9.93. The van der Waals surface area contributed by atoms with Crippen molar-refractivity contribution in [3.63, 3.8) is 0 Å². The molecule has 2 heterocycles. The first-order chi connectivity index (χ1) is 12.3.